The van der Waals surface area contributed by atoms with Gasteiger partial charge in [0.1, 0.15) is 0 Å². The van der Waals surface area contributed by atoms with Crippen LogP contribution in [0, 0.1) is 0 Å². The van der Waals surface area contributed by atoms with Gasteiger partial charge in [-0.2, -0.15) is 13.2 Å². The summed E-state index contributed by atoms with van der Waals surface area (Å²) in [5.74, 6) is -0.311. The van der Waals surface area contributed by atoms with Crippen molar-refractivity contribution in [3.05, 3.63) is 0 Å². The number of rotatable bonds is 4. The third-order valence-electron chi connectivity index (χ3n) is 3.20. The number of halogens is 3. The lowest BCUT2D eigenvalue weighted by Crippen LogP contribution is -2.55. The van der Waals surface area contributed by atoms with Crippen molar-refractivity contribution in [1.29, 1.82) is 0 Å². The number of alkyl halides is 3. The normalized spacial score (nSPS) is 26.9. The second-order valence-corrected chi connectivity index (χ2v) is 4.66. The number of nitrogens with one attached hydrogen (secondary N) is 2. The maximum Gasteiger partial charge on any atom is 0.391 e. The first-order chi connectivity index (χ1) is 7.79. The van der Waals surface area contributed by atoms with Crippen molar-refractivity contribution < 1.29 is 18.0 Å². The zero-order valence-electron chi connectivity index (χ0n) is 10.2. The standard InChI is InChI=1S/C11H19F3N2O/c1-3-10(5-4-6-15-10)9(17)16-8(2)7-11(12,13)14/h8,15H,3-7H2,1-2H3,(H,16,17). The molecule has 6 heteroatoms. The van der Waals surface area contributed by atoms with Gasteiger partial charge in [0.05, 0.1) is 12.0 Å². The summed E-state index contributed by atoms with van der Waals surface area (Å²) in [5, 5.41) is 5.54. The summed E-state index contributed by atoms with van der Waals surface area (Å²) in [6, 6.07) is -0.881. The molecule has 0 saturated carbocycles. The first-order valence-corrected chi connectivity index (χ1v) is 5.92. The summed E-state index contributed by atoms with van der Waals surface area (Å²) in [6.07, 6.45) is -3.06. The second kappa shape index (κ2) is 5.25. The molecule has 0 aromatic rings. The van der Waals surface area contributed by atoms with E-state index < -0.39 is 24.2 Å². The van der Waals surface area contributed by atoms with Gasteiger partial charge in [-0.3, -0.25) is 4.79 Å². The average Bonchev–Trinajstić information content (AvgIpc) is 2.63. The minimum atomic E-state index is -4.24. The van der Waals surface area contributed by atoms with Crippen molar-refractivity contribution in [1.82, 2.24) is 10.6 Å². The SMILES string of the molecule is CCC1(C(=O)NC(C)CC(F)(F)F)CCCN1. The Labute approximate surface area is 99.1 Å². The topological polar surface area (TPSA) is 41.1 Å². The molecule has 0 bridgehead atoms. The van der Waals surface area contributed by atoms with Gasteiger partial charge >= 0.3 is 6.18 Å². The van der Waals surface area contributed by atoms with Crippen LogP contribution in [0.3, 0.4) is 0 Å². The molecule has 0 spiro atoms. The first-order valence-electron chi connectivity index (χ1n) is 5.92. The van der Waals surface area contributed by atoms with Crippen LogP contribution in [0.1, 0.15) is 39.5 Å². The molecular weight excluding hydrogens is 233 g/mol. The van der Waals surface area contributed by atoms with Crippen LogP contribution in [0.2, 0.25) is 0 Å². The van der Waals surface area contributed by atoms with E-state index in [0.29, 0.717) is 12.8 Å². The minimum Gasteiger partial charge on any atom is -0.352 e. The smallest absolute Gasteiger partial charge is 0.352 e. The van der Waals surface area contributed by atoms with E-state index in [-0.39, 0.29) is 5.91 Å². The van der Waals surface area contributed by atoms with Crippen molar-refractivity contribution >= 4 is 5.91 Å². The lowest BCUT2D eigenvalue weighted by Gasteiger charge is -2.28. The minimum absolute atomic E-state index is 0.311. The van der Waals surface area contributed by atoms with Crippen LogP contribution in [0.15, 0.2) is 0 Å². The van der Waals surface area contributed by atoms with E-state index >= 15 is 0 Å². The molecule has 2 unspecified atom stereocenters. The lowest BCUT2D eigenvalue weighted by atomic mass is 9.92. The van der Waals surface area contributed by atoms with Gasteiger partial charge in [-0.05, 0) is 32.7 Å². The molecule has 1 saturated heterocycles. The Kier molecular flexibility index (Phi) is 4.41. The summed E-state index contributed by atoms with van der Waals surface area (Å²) >= 11 is 0. The van der Waals surface area contributed by atoms with Crippen LogP contribution in [-0.2, 0) is 4.79 Å². The van der Waals surface area contributed by atoms with E-state index in [1.54, 1.807) is 0 Å². The maximum absolute atomic E-state index is 12.1. The monoisotopic (exact) mass is 252 g/mol. The highest BCUT2D eigenvalue weighted by atomic mass is 19.4. The molecular formula is C11H19F3N2O. The molecule has 1 fully saturated rings. The molecule has 2 N–H and O–H groups in total. The van der Waals surface area contributed by atoms with Crippen LogP contribution in [0.5, 0.6) is 0 Å². The molecule has 100 valence electrons. The fraction of sp³-hybridized carbons (Fsp3) is 0.909. The number of hydrogen-bond donors (Lipinski definition) is 2. The summed E-state index contributed by atoms with van der Waals surface area (Å²) in [7, 11) is 0. The lowest BCUT2D eigenvalue weighted by molar-refractivity contribution is -0.142. The van der Waals surface area contributed by atoms with E-state index in [1.807, 2.05) is 6.92 Å². The Morgan fingerprint density at radius 1 is 1.53 bits per heavy atom. The van der Waals surface area contributed by atoms with Gasteiger partial charge in [0, 0.05) is 6.04 Å². The predicted octanol–water partition coefficient (Wildman–Crippen LogP) is 1.98. The number of carbonyl (C=O) groups excluding carboxylic acids is 1. The summed E-state index contributed by atoms with van der Waals surface area (Å²) in [6.45, 7) is 3.99. The molecule has 1 amide bonds. The van der Waals surface area contributed by atoms with Gasteiger partial charge < -0.3 is 10.6 Å². The van der Waals surface area contributed by atoms with Crippen molar-refractivity contribution in [3.8, 4) is 0 Å². The molecule has 0 aromatic carbocycles. The summed E-state index contributed by atoms with van der Waals surface area (Å²) < 4.78 is 36.4. The van der Waals surface area contributed by atoms with Crippen LogP contribution >= 0.6 is 0 Å². The largest absolute Gasteiger partial charge is 0.391 e. The van der Waals surface area contributed by atoms with Crippen LogP contribution in [0.4, 0.5) is 13.2 Å². The molecule has 0 radical (unpaired) electrons. The Balaban J connectivity index is 2.53. The third-order valence-corrected chi connectivity index (χ3v) is 3.20. The number of amides is 1. The van der Waals surface area contributed by atoms with Crippen molar-refractivity contribution in [2.45, 2.75) is 57.3 Å². The number of hydrogen-bond acceptors (Lipinski definition) is 2. The van der Waals surface area contributed by atoms with Crippen LogP contribution in [0.25, 0.3) is 0 Å². The second-order valence-electron chi connectivity index (χ2n) is 4.66. The first kappa shape index (κ1) is 14.3. The van der Waals surface area contributed by atoms with Crippen LogP contribution in [-0.4, -0.2) is 30.2 Å². The average molecular weight is 252 g/mol. The Bertz CT molecular complexity index is 272. The van der Waals surface area contributed by atoms with Gasteiger partial charge in [-0.25, -0.2) is 0 Å². The Morgan fingerprint density at radius 3 is 2.59 bits per heavy atom. The predicted molar refractivity (Wildman–Crippen MR) is 58.5 cm³/mol. The summed E-state index contributed by atoms with van der Waals surface area (Å²) in [4.78, 5) is 12.0. The summed E-state index contributed by atoms with van der Waals surface area (Å²) in [5.41, 5.74) is -0.667. The third kappa shape index (κ3) is 3.87. The number of carbonyl (C=O) groups is 1. The Hall–Kier alpha value is -0.780. The molecule has 1 heterocycles. The highest BCUT2D eigenvalue weighted by molar-refractivity contribution is 5.86. The highest BCUT2D eigenvalue weighted by Crippen LogP contribution is 2.25. The molecule has 17 heavy (non-hydrogen) atoms. The van der Waals surface area contributed by atoms with E-state index in [2.05, 4.69) is 10.6 Å². The van der Waals surface area contributed by atoms with E-state index in [1.165, 1.54) is 6.92 Å². The fourth-order valence-electron chi connectivity index (χ4n) is 2.22. The molecule has 2 atom stereocenters. The van der Waals surface area contributed by atoms with Gasteiger partial charge in [0.15, 0.2) is 0 Å². The van der Waals surface area contributed by atoms with Gasteiger partial charge in [-0.1, -0.05) is 6.92 Å². The molecule has 1 aliphatic heterocycles. The zero-order valence-corrected chi connectivity index (χ0v) is 10.2. The van der Waals surface area contributed by atoms with Gasteiger partial charge in [0.25, 0.3) is 0 Å². The van der Waals surface area contributed by atoms with Gasteiger partial charge in [-0.15, -0.1) is 0 Å². The molecule has 0 aliphatic carbocycles. The van der Waals surface area contributed by atoms with Crippen molar-refractivity contribution in [2.24, 2.45) is 0 Å². The highest BCUT2D eigenvalue weighted by Gasteiger charge is 2.40. The van der Waals surface area contributed by atoms with E-state index in [0.717, 1.165) is 13.0 Å². The molecule has 3 nitrogen and oxygen atoms in total. The molecule has 1 rings (SSSR count). The Morgan fingerprint density at radius 2 is 2.18 bits per heavy atom. The molecule has 1 aliphatic rings. The van der Waals surface area contributed by atoms with Gasteiger partial charge in [0.2, 0.25) is 5.91 Å². The van der Waals surface area contributed by atoms with Crippen molar-refractivity contribution in [3.63, 3.8) is 0 Å². The zero-order chi connectivity index (χ0) is 13.1. The quantitative estimate of drug-likeness (QED) is 0.803. The van der Waals surface area contributed by atoms with Crippen molar-refractivity contribution in [2.75, 3.05) is 6.54 Å². The van der Waals surface area contributed by atoms with Crippen LogP contribution < -0.4 is 10.6 Å². The van der Waals surface area contributed by atoms with E-state index in [4.69, 9.17) is 0 Å². The molecule has 0 aromatic heterocycles. The van der Waals surface area contributed by atoms with E-state index in [9.17, 15) is 18.0 Å². The fourth-order valence-corrected chi connectivity index (χ4v) is 2.22. The maximum atomic E-state index is 12.1.